The number of aryl methyl sites for hydroxylation is 2. The van der Waals surface area contributed by atoms with Gasteiger partial charge in [-0.2, -0.15) is 4.98 Å². The summed E-state index contributed by atoms with van der Waals surface area (Å²) in [7, 11) is 0. The molecule has 2 aromatic rings. The molecule has 2 aliphatic rings. The summed E-state index contributed by atoms with van der Waals surface area (Å²) in [4.78, 5) is 18.8. The van der Waals surface area contributed by atoms with Crippen LogP contribution >= 0.6 is 0 Å². The van der Waals surface area contributed by atoms with Gasteiger partial charge in [-0.25, -0.2) is 0 Å². The molecule has 1 aliphatic heterocycles. The van der Waals surface area contributed by atoms with Crippen LogP contribution in [-0.2, 0) is 11.3 Å². The van der Waals surface area contributed by atoms with Crippen molar-refractivity contribution in [3.63, 3.8) is 0 Å². The second-order valence-corrected chi connectivity index (χ2v) is 6.77. The minimum absolute atomic E-state index is 0.0804. The molecule has 0 radical (unpaired) electrons. The quantitative estimate of drug-likeness (QED) is 0.868. The van der Waals surface area contributed by atoms with Crippen molar-refractivity contribution in [2.75, 3.05) is 0 Å². The van der Waals surface area contributed by atoms with Crippen LogP contribution in [0.5, 0.6) is 0 Å². The molecule has 5 heteroatoms. The fraction of sp³-hybridized carbons (Fsp3) is 0.500. The van der Waals surface area contributed by atoms with E-state index in [0.29, 0.717) is 24.8 Å². The summed E-state index contributed by atoms with van der Waals surface area (Å²) in [6, 6.07) is 6.28. The first-order chi connectivity index (χ1) is 11.1. The monoisotopic (exact) mass is 311 g/mol. The Bertz CT molecular complexity index is 748. The summed E-state index contributed by atoms with van der Waals surface area (Å²) < 4.78 is 5.46. The Morgan fingerprint density at radius 3 is 2.83 bits per heavy atom. The van der Waals surface area contributed by atoms with Crippen LogP contribution < -0.4 is 0 Å². The third kappa shape index (κ3) is 2.76. The molecular weight excluding hydrogens is 290 g/mol. The zero-order chi connectivity index (χ0) is 16.0. The van der Waals surface area contributed by atoms with Crippen LogP contribution in [-0.4, -0.2) is 20.9 Å². The van der Waals surface area contributed by atoms with Gasteiger partial charge in [0.25, 0.3) is 0 Å². The highest BCUT2D eigenvalue weighted by atomic mass is 16.5. The van der Waals surface area contributed by atoms with Crippen molar-refractivity contribution in [1.29, 1.82) is 0 Å². The molecule has 120 valence electrons. The molecule has 1 amide bonds. The molecule has 0 spiro atoms. The number of rotatable bonds is 4. The molecule has 4 rings (SSSR count). The van der Waals surface area contributed by atoms with Gasteiger partial charge in [-0.05, 0) is 44.2 Å². The molecule has 1 aromatic heterocycles. The second-order valence-electron chi connectivity index (χ2n) is 6.77. The van der Waals surface area contributed by atoms with Crippen molar-refractivity contribution < 1.29 is 9.32 Å². The molecule has 2 fully saturated rings. The average Bonchev–Trinajstić information content (AvgIpc) is 3.15. The van der Waals surface area contributed by atoms with E-state index in [1.54, 1.807) is 0 Å². The lowest BCUT2D eigenvalue weighted by molar-refractivity contribution is -0.130. The number of carbonyl (C=O) groups excluding carboxylic acids is 1. The van der Waals surface area contributed by atoms with E-state index in [1.165, 1.54) is 16.7 Å². The molecule has 1 atom stereocenters. The minimum Gasteiger partial charge on any atom is -0.337 e. The SMILES string of the molecule is Cc1ccc(CN2C(=O)CCC2c2nc(C3CC3)no2)c(C)c1. The first kappa shape index (κ1) is 14.4. The minimum atomic E-state index is -0.0804. The molecule has 5 nitrogen and oxygen atoms in total. The summed E-state index contributed by atoms with van der Waals surface area (Å²) in [6.45, 7) is 4.78. The topological polar surface area (TPSA) is 59.2 Å². The van der Waals surface area contributed by atoms with Gasteiger partial charge in [0.05, 0.1) is 0 Å². The van der Waals surface area contributed by atoms with Gasteiger partial charge in [-0.3, -0.25) is 4.79 Å². The van der Waals surface area contributed by atoms with E-state index < -0.39 is 0 Å². The van der Waals surface area contributed by atoms with Crippen LogP contribution in [0.4, 0.5) is 0 Å². The fourth-order valence-corrected chi connectivity index (χ4v) is 3.29. The van der Waals surface area contributed by atoms with E-state index in [9.17, 15) is 4.79 Å². The maximum atomic E-state index is 12.3. The van der Waals surface area contributed by atoms with Gasteiger partial charge < -0.3 is 9.42 Å². The van der Waals surface area contributed by atoms with E-state index in [0.717, 1.165) is 25.1 Å². The van der Waals surface area contributed by atoms with Crippen LogP contribution in [0.15, 0.2) is 22.7 Å². The molecule has 2 heterocycles. The van der Waals surface area contributed by atoms with Crippen LogP contribution in [0.1, 0.15) is 66.0 Å². The molecule has 1 unspecified atom stereocenters. The zero-order valence-electron chi connectivity index (χ0n) is 13.6. The molecule has 0 N–H and O–H groups in total. The van der Waals surface area contributed by atoms with E-state index in [1.807, 2.05) is 4.90 Å². The summed E-state index contributed by atoms with van der Waals surface area (Å²) >= 11 is 0. The largest absolute Gasteiger partial charge is 0.337 e. The van der Waals surface area contributed by atoms with Crippen molar-refractivity contribution in [2.24, 2.45) is 0 Å². The van der Waals surface area contributed by atoms with Gasteiger partial charge in [0, 0.05) is 18.9 Å². The molecule has 1 aromatic carbocycles. The van der Waals surface area contributed by atoms with Crippen molar-refractivity contribution >= 4 is 5.91 Å². The fourth-order valence-electron chi connectivity index (χ4n) is 3.29. The Morgan fingerprint density at radius 1 is 1.26 bits per heavy atom. The zero-order valence-corrected chi connectivity index (χ0v) is 13.6. The van der Waals surface area contributed by atoms with Crippen LogP contribution in [0.25, 0.3) is 0 Å². The van der Waals surface area contributed by atoms with Crippen LogP contribution in [0.3, 0.4) is 0 Å². The molecule has 1 aliphatic carbocycles. The van der Waals surface area contributed by atoms with Gasteiger partial charge in [-0.15, -0.1) is 0 Å². The maximum Gasteiger partial charge on any atom is 0.249 e. The third-order valence-corrected chi connectivity index (χ3v) is 4.85. The first-order valence-corrected chi connectivity index (χ1v) is 8.31. The van der Waals surface area contributed by atoms with E-state index in [4.69, 9.17) is 4.52 Å². The number of amides is 1. The number of benzene rings is 1. The molecule has 1 saturated heterocycles. The molecule has 23 heavy (non-hydrogen) atoms. The standard InChI is InChI=1S/C18H21N3O2/c1-11-3-4-14(12(2)9-11)10-21-15(7-8-16(21)22)18-19-17(20-23-18)13-5-6-13/h3-4,9,13,15H,5-8,10H2,1-2H3. The number of hydrogen-bond acceptors (Lipinski definition) is 4. The van der Waals surface area contributed by atoms with Gasteiger partial charge in [0.2, 0.25) is 11.8 Å². The number of carbonyl (C=O) groups is 1. The van der Waals surface area contributed by atoms with Crippen molar-refractivity contribution in [1.82, 2.24) is 15.0 Å². The Balaban J connectivity index is 1.57. The Labute approximate surface area is 135 Å². The molecule has 1 saturated carbocycles. The summed E-state index contributed by atoms with van der Waals surface area (Å²) in [5.74, 6) is 2.05. The van der Waals surface area contributed by atoms with Gasteiger partial charge in [-0.1, -0.05) is 28.9 Å². The predicted molar refractivity (Wildman–Crippen MR) is 84.7 cm³/mol. The lowest BCUT2D eigenvalue weighted by Gasteiger charge is -2.23. The highest BCUT2D eigenvalue weighted by Crippen LogP contribution is 2.40. The Kier molecular flexibility index (Phi) is 3.43. The average molecular weight is 311 g/mol. The molecule has 0 bridgehead atoms. The highest BCUT2D eigenvalue weighted by Gasteiger charge is 2.37. The smallest absolute Gasteiger partial charge is 0.249 e. The molecular formula is C18H21N3O2. The van der Waals surface area contributed by atoms with Gasteiger partial charge >= 0.3 is 0 Å². The van der Waals surface area contributed by atoms with Gasteiger partial charge in [0.1, 0.15) is 6.04 Å². The number of nitrogens with zero attached hydrogens (tertiary/aromatic N) is 3. The number of likely N-dealkylation sites (tertiary alicyclic amines) is 1. The summed E-state index contributed by atoms with van der Waals surface area (Å²) in [6.07, 6.45) is 3.61. The summed E-state index contributed by atoms with van der Waals surface area (Å²) in [5, 5.41) is 4.09. The Hall–Kier alpha value is -2.17. The lowest BCUT2D eigenvalue weighted by atomic mass is 10.0. The maximum absolute atomic E-state index is 12.3. The van der Waals surface area contributed by atoms with Crippen molar-refractivity contribution in [3.05, 3.63) is 46.6 Å². The van der Waals surface area contributed by atoms with Crippen LogP contribution in [0.2, 0.25) is 0 Å². The lowest BCUT2D eigenvalue weighted by Crippen LogP contribution is -2.27. The third-order valence-electron chi connectivity index (χ3n) is 4.85. The Morgan fingerprint density at radius 2 is 2.09 bits per heavy atom. The summed E-state index contributed by atoms with van der Waals surface area (Å²) in [5.41, 5.74) is 3.63. The first-order valence-electron chi connectivity index (χ1n) is 8.31. The predicted octanol–water partition coefficient (Wildman–Crippen LogP) is 3.43. The second kappa shape index (κ2) is 5.48. The van der Waals surface area contributed by atoms with E-state index in [2.05, 4.69) is 42.2 Å². The van der Waals surface area contributed by atoms with Crippen LogP contribution in [0, 0.1) is 13.8 Å². The number of aromatic nitrogens is 2. The van der Waals surface area contributed by atoms with Crippen molar-refractivity contribution in [3.8, 4) is 0 Å². The number of hydrogen-bond donors (Lipinski definition) is 0. The highest BCUT2D eigenvalue weighted by molar-refractivity contribution is 5.78. The van der Waals surface area contributed by atoms with Gasteiger partial charge in [0.15, 0.2) is 5.82 Å². The van der Waals surface area contributed by atoms with Crippen molar-refractivity contribution in [2.45, 2.75) is 58.0 Å². The van der Waals surface area contributed by atoms with E-state index in [-0.39, 0.29) is 11.9 Å². The normalized spacial score (nSPS) is 21.2. The van der Waals surface area contributed by atoms with E-state index >= 15 is 0 Å².